The van der Waals surface area contributed by atoms with Crippen LogP contribution in [0.3, 0.4) is 0 Å². The molecule has 0 unspecified atom stereocenters. The van der Waals surface area contributed by atoms with E-state index in [0.717, 1.165) is 37.1 Å². The molecule has 29 heavy (non-hydrogen) atoms. The zero-order valence-electron chi connectivity index (χ0n) is 16.1. The van der Waals surface area contributed by atoms with E-state index in [1.54, 1.807) is 18.4 Å². The molecule has 7 nitrogen and oxygen atoms in total. The Morgan fingerprint density at radius 2 is 1.83 bits per heavy atom. The summed E-state index contributed by atoms with van der Waals surface area (Å²) >= 11 is 0. The van der Waals surface area contributed by atoms with Gasteiger partial charge in [0.2, 0.25) is 11.8 Å². The van der Waals surface area contributed by atoms with Gasteiger partial charge in [-0.2, -0.15) is 0 Å². The van der Waals surface area contributed by atoms with Crippen LogP contribution in [0.2, 0.25) is 0 Å². The fourth-order valence-corrected chi connectivity index (χ4v) is 3.36. The van der Waals surface area contributed by atoms with Crippen LogP contribution in [-0.4, -0.2) is 34.8 Å². The molecule has 7 heteroatoms. The first-order valence-electron chi connectivity index (χ1n) is 9.82. The summed E-state index contributed by atoms with van der Waals surface area (Å²) in [5.41, 5.74) is 2.09. The largest absolute Gasteiger partial charge is 0.469 e. The molecular formula is C22H23N3O4. The molecule has 0 aliphatic carbocycles. The number of amides is 2. The number of rotatable bonds is 6. The number of carbonyl (C=O) groups excluding carboxylic acids is 2. The van der Waals surface area contributed by atoms with Crippen LogP contribution in [0.4, 0.5) is 0 Å². The summed E-state index contributed by atoms with van der Waals surface area (Å²) in [7, 11) is 0. The number of benzene rings is 1. The smallest absolute Gasteiger partial charge is 0.275 e. The highest BCUT2D eigenvalue weighted by atomic mass is 16.3. The van der Waals surface area contributed by atoms with Crippen LogP contribution >= 0.6 is 0 Å². The van der Waals surface area contributed by atoms with Crippen LogP contribution in [0.25, 0.3) is 11.5 Å². The number of nitrogens with zero attached hydrogens (tertiary/aromatic N) is 2. The van der Waals surface area contributed by atoms with E-state index in [4.69, 9.17) is 8.83 Å². The molecule has 0 bridgehead atoms. The van der Waals surface area contributed by atoms with Gasteiger partial charge in [-0.25, -0.2) is 4.98 Å². The van der Waals surface area contributed by atoms with E-state index in [0.29, 0.717) is 23.9 Å². The molecule has 0 atom stereocenters. The molecule has 1 aliphatic heterocycles. The van der Waals surface area contributed by atoms with Crippen molar-refractivity contribution in [3.8, 4) is 11.5 Å². The third-order valence-corrected chi connectivity index (χ3v) is 4.97. The highest BCUT2D eigenvalue weighted by molar-refractivity contribution is 5.92. The molecular weight excluding hydrogens is 370 g/mol. The van der Waals surface area contributed by atoms with Gasteiger partial charge in [-0.15, -0.1) is 0 Å². The highest BCUT2D eigenvalue weighted by Crippen LogP contribution is 2.21. The Hall–Kier alpha value is -3.35. The Morgan fingerprint density at radius 3 is 2.55 bits per heavy atom. The molecule has 4 rings (SSSR count). The molecule has 0 saturated carbocycles. The van der Waals surface area contributed by atoms with Crippen LogP contribution in [0.5, 0.6) is 0 Å². The maximum atomic E-state index is 12.5. The van der Waals surface area contributed by atoms with Crippen molar-refractivity contribution in [2.24, 2.45) is 0 Å². The summed E-state index contributed by atoms with van der Waals surface area (Å²) in [5.74, 6) is 0.878. The monoisotopic (exact) mass is 393 g/mol. The van der Waals surface area contributed by atoms with Crippen LogP contribution in [0.15, 0.2) is 57.8 Å². The fourth-order valence-electron chi connectivity index (χ4n) is 3.36. The predicted molar refractivity (Wildman–Crippen MR) is 106 cm³/mol. The standard InChI is InChI=1S/C22H23N3O4/c26-20(13-18-5-4-12-28-18)23-14-16-6-8-17(9-7-16)21-24-19(15-29-21)22(27)25-10-2-1-3-11-25/h4-9,12,15H,1-3,10-11,13-14H2,(H,23,26). The van der Waals surface area contributed by atoms with E-state index in [1.807, 2.05) is 29.2 Å². The first-order valence-corrected chi connectivity index (χ1v) is 9.82. The van der Waals surface area contributed by atoms with E-state index >= 15 is 0 Å². The van der Waals surface area contributed by atoms with Crippen molar-refractivity contribution in [3.63, 3.8) is 0 Å². The Morgan fingerprint density at radius 1 is 1.03 bits per heavy atom. The zero-order chi connectivity index (χ0) is 20.1. The lowest BCUT2D eigenvalue weighted by Crippen LogP contribution is -2.35. The molecule has 1 N–H and O–H groups in total. The first-order chi connectivity index (χ1) is 14.2. The fraction of sp³-hybridized carbons (Fsp3) is 0.318. The molecule has 0 spiro atoms. The number of carbonyl (C=O) groups is 2. The Labute approximate surface area is 168 Å². The van der Waals surface area contributed by atoms with E-state index in [2.05, 4.69) is 10.3 Å². The van der Waals surface area contributed by atoms with Gasteiger partial charge in [0, 0.05) is 25.2 Å². The summed E-state index contributed by atoms with van der Waals surface area (Å²) in [6.07, 6.45) is 6.44. The maximum Gasteiger partial charge on any atom is 0.275 e. The van der Waals surface area contributed by atoms with Crippen LogP contribution in [0.1, 0.15) is 41.1 Å². The summed E-state index contributed by atoms with van der Waals surface area (Å²) in [6, 6.07) is 11.1. The van der Waals surface area contributed by atoms with Gasteiger partial charge in [0.25, 0.3) is 5.91 Å². The van der Waals surface area contributed by atoms with Crippen LogP contribution in [-0.2, 0) is 17.8 Å². The van der Waals surface area contributed by atoms with E-state index in [-0.39, 0.29) is 18.2 Å². The number of hydrogen-bond acceptors (Lipinski definition) is 5. The van der Waals surface area contributed by atoms with Crippen molar-refractivity contribution in [1.82, 2.24) is 15.2 Å². The maximum absolute atomic E-state index is 12.5. The van der Waals surface area contributed by atoms with E-state index < -0.39 is 0 Å². The second-order valence-corrected chi connectivity index (χ2v) is 7.12. The molecule has 1 fully saturated rings. The Kier molecular flexibility index (Phi) is 5.74. The van der Waals surface area contributed by atoms with Gasteiger partial charge in [0.15, 0.2) is 5.69 Å². The molecule has 0 radical (unpaired) electrons. The molecule has 2 aromatic heterocycles. The molecule has 1 aromatic carbocycles. The molecule has 2 amide bonds. The zero-order valence-corrected chi connectivity index (χ0v) is 16.1. The second-order valence-electron chi connectivity index (χ2n) is 7.12. The van der Waals surface area contributed by atoms with Crippen molar-refractivity contribution in [2.75, 3.05) is 13.1 Å². The lowest BCUT2D eigenvalue weighted by atomic mass is 10.1. The van der Waals surface area contributed by atoms with Gasteiger partial charge in [0.05, 0.1) is 12.7 Å². The average Bonchev–Trinajstić information content (AvgIpc) is 3.45. The lowest BCUT2D eigenvalue weighted by molar-refractivity contribution is -0.120. The number of aromatic nitrogens is 1. The third-order valence-electron chi connectivity index (χ3n) is 4.97. The van der Waals surface area contributed by atoms with Gasteiger partial charge in [-0.05, 0) is 49.1 Å². The number of likely N-dealkylation sites (tertiary alicyclic amines) is 1. The lowest BCUT2D eigenvalue weighted by Gasteiger charge is -2.25. The SMILES string of the molecule is O=C(Cc1ccco1)NCc1ccc(-c2nc(C(=O)N3CCCCC3)co2)cc1. The van der Waals surface area contributed by atoms with Gasteiger partial charge >= 0.3 is 0 Å². The summed E-state index contributed by atoms with van der Waals surface area (Å²) < 4.78 is 10.7. The van der Waals surface area contributed by atoms with Crippen molar-refractivity contribution in [2.45, 2.75) is 32.2 Å². The molecule has 3 heterocycles. The topological polar surface area (TPSA) is 88.6 Å². The van der Waals surface area contributed by atoms with E-state index in [1.165, 1.54) is 12.7 Å². The number of hydrogen-bond donors (Lipinski definition) is 1. The first kappa shape index (κ1) is 19.0. The van der Waals surface area contributed by atoms with Gasteiger partial charge < -0.3 is 19.1 Å². The van der Waals surface area contributed by atoms with E-state index in [9.17, 15) is 9.59 Å². The second kappa shape index (κ2) is 8.77. The number of furan rings is 1. The van der Waals surface area contributed by atoms with Gasteiger partial charge in [-0.1, -0.05) is 12.1 Å². The number of oxazole rings is 1. The van der Waals surface area contributed by atoms with Crippen molar-refractivity contribution < 1.29 is 18.4 Å². The van der Waals surface area contributed by atoms with Gasteiger partial charge in [-0.3, -0.25) is 9.59 Å². The Bertz CT molecular complexity index is 954. The average molecular weight is 393 g/mol. The molecule has 1 saturated heterocycles. The summed E-state index contributed by atoms with van der Waals surface area (Å²) in [4.78, 5) is 30.7. The minimum Gasteiger partial charge on any atom is -0.469 e. The number of nitrogens with one attached hydrogen (secondary N) is 1. The van der Waals surface area contributed by atoms with Crippen LogP contribution in [0, 0.1) is 0 Å². The van der Waals surface area contributed by atoms with Crippen LogP contribution < -0.4 is 5.32 Å². The Balaban J connectivity index is 1.33. The normalized spacial score (nSPS) is 14.0. The minimum absolute atomic E-state index is 0.0735. The third kappa shape index (κ3) is 4.74. The van der Waals surface area contributed by atoms with Crippen molar-refractivity contribution in [3.05, 3.63) is 65.9 Å². The van der Waals surface area contributed by atoms with Crippen molar-refractivity contribution >= 4 is 11.8 Å². The predicted octanol–water partition coefficient (Wildman–Crippen LogP) is 3.42. The molecule has 1 aliphatic rings. The minimum atomic E-state index is -0.0994. The van der Waals surface area contributed by atoms with Gasteiger partial charge in [0.1, 0.15) is 12.0 Å². The highest BCUT2D eigenvalue weighted by Gasteiger charge is 2.21. The molecule has 150 valence electrons. The quantitative estimate of drug-likeness (QED) is 0.693. The number of piperidine rings is 1. The van der Waals surface area contributed by atoms with Crippen molar-refractivity contribution in [1.29, 1.82) is 0 Å². The summed E-state index contributed by atoms with van der Waals surface area (Å²) in [6.45, 7) is 1.98. The molecule has 3 aromatic rings. The summed E-state index contributed by atoms with van der Waals surface area (Å²) in [5, 5.41) is 2.86.